The maximum Gasteiger partial charge on any atom is 4.00 e. The van der Waals surface area contributed by atoms with Gasteiger partial charge in [0.15, 0.2) is 0 Å². The first kappa shape index (κ1) is 15.9. The maximum absolute atomic E-state index is 8.48. The fraction of sp³-hybridized carbons (Fsp3) is 0. The van der Waals surface area contributed by atoms with Crippen LogP contribution in [0, 0.1) is 0 Å². The van der Waals surface area contributed by atoms with Gasteiger partial charge in [0.1, 0.15) is 0 Å². The molecule has 0 unspecified atom stereocenters. The predicted octanol–water partition coefficient (Wildman–Crippen LogP) is -2.40. The summed E-state index contributed by atoms with van der Waals surface area (Å²) in [6.07, 6.45) is 0. The van der Waals surface area contributed by atoms with Crippen molar-refractivity contribution < 1.29 is 14.4 Å². The summed E-state index contributed by atoms with van der Waals surface area (Å²) < 4.78 is 8.48. The molecule has 0 atom stereocenters. The molecule has 24 valence electrons. The summed E-state index contributed by atoms with van der Waals surface area (Å²) in [5, 5.41) is 0. The molecule has 0 spiro atoms. The number of hydrogen-bond donors (Lipinski definition) is 0. The van der Waals surface area contributed by atoms with Gasteiger partial charge in [0.05, 0.1) is 0 Å². The van der Waals surface area contributed by atoms with Crippen LogP contribution >= 0.6 is 8.25 Å². The molecule has 0 aliphatic rings. The Morgan fingerprint density at radius 2 is 1.33 bits per heavy atom. The molecule has 6 heavy (non-hydrogen) atoms. The van der Waals surface area contributed by atoms with Crippen LogP contribution in [0.3, 0.4) is 0 Å². The summed E-state index contributed by atoms with van der Waals surface area (Å²) in [5.41, 5.74) is 0. The minimum Gasteiger partial charge on any atom is -0.598 e. The van der Waals surface area contributed by atoms with Crippen LogP contribution in [0.4, 0.5) is 0 Å². The third-order valence-corrected chi connectivity index (χ3v) is 0. The van der Waals surface area contributed by atoms with Crippen molar-refractivity contribution in [3.63, 3.8) is 0 Å². The van der Waals surface area contributed by atoms with Crippen LogP contribution in [0.25, 0.3) is 0 Å². The van der Waals surface area contributed by atoms with Crippen molar-refractivity contribution in [3.05, 3.63) is 0 Å². The molecule has 0 bridgehead atoms. The van der Waals surface area contributed by atoms with Crippen LogP contribution in [-0.4, -0.2) is 28.3 Å². The molecule has 0 heterocycles. The minimum atomic E-state index is -3.37. The molecule has 0 saturated carbocycles. The molecule has 0 fully saturated rings. The van der Waals surface area contributed by atoms with E-state index in [1.165, 1.54) is 0 Å². The van der Waals surface area contributed by atoms with Gasteiger partial charge in [-0.15, -0.1) is 0 Å². The van der Waals surface area contributed by atoms with E-state index in [4.69, 9.17) is 14.4 Å². The van der Waals surface area contributed by atoms with E-state index in [0.29, 0.717) is 0 Å². The molecule has 0 radical (unpaired) electrons. The van der Waals surface area contributed by atoms with Crippen molar-refractivity contribution >= 4 is 36.6 Å². The zero-order valence-corrected chi connectivity index (χ0v) is 5.80. The first-order valence-electron chi connectivity index (χ1n) is 0.548. The maximum atomic E-state index is 8.48. The van der Waals surface area contributed by atoms with E-state index in [9.17, 15) is 0 Å². The Morgan fingerprint density at radius 3 is 1.33 bits per heavy atom. The van der Waals surface area contributed by atoms with Gasteiger partial charge in [0, 0.05) is 0 Å². The molecule has 0 saturated heterocycles. The van der Waals surface area contributed by atoms with E-state index in [0.717, 1.165) is 0 Å². The molecule has 0 aliphatic heterocycles. The normalized spacial score (nSPS) is 4.33. The topological polar surface area (TPSA) is 63.2 Å². The molecule has 0 amide bonds. The Bertz CT molecular complexity index is 33.8. The van der Waals surface area contributed by atoms with Gasteiger partial charge < -0.3 is 9.79 Å². The third-order valence-electron chi connectivity index (χ3n) is 0. The van der Waals surface area contributed by atoms with Crippen molar-refractivity contribution in [2.75, 3.05) is 0 Å². The smallest absolute Gasteiger partial charge is 0.598 e. The zero-order valence-electron chi connectivity index (χ0n) is 2.75. The van der Waals surface area contributed by atoms with Crippen LogP contribution < -0.4 is 9.79 Å². The van der Waals surface area contributed by atoms with Crippen molar-refractivity contribution in [1.82, 2.24) is 0 Å². The van der Waals surface area contributed by atoms with Crippen molar-refractivity contribution in [1.29, 1.82) is 0 Å². The van der Waals surface area contributed by atoms with Crippen LogP contribution in [0.2, 0.25) is 0 Å². The van der Waals surface area contributed by atoms with E-state index >= 15 is 0 Å². The standard InChI is InChI=1S/Al.HO3P.Si/c;1-4(2)3;/h;(H,1,2,3);/q+3;;+4/p-1. The summed E-state index contributed by atoms with van der Waals surface area (Å²) in [5.74, 6) is 0. The van der Waals surface area contributed by atoms with Crippen molar-refractivity contribution in [2.24, 2.45) is 0 Å². The van der Waals surface area contributed by atoms with Gasteiger partial charge in [0.2, 0.25) is 0 Å². The van der Waals surface area contributed by atoms with Gasteiger partial charge in [-0.2, -0.15) is 0 Å². The average Bonchev–Trinajstić information content (AvgIpc) is 0.811. The molecule has 0 aromatic carbocycles. The van der Waals surface area contributed by atoms with E-state index in [2.05, 4.69) is 0 Å². The van der Waals surface area contributed by atoms with Gasteiger partial charge in [0.25, 0.3) is 8.25 Å². The summed E-state index contributed by atoms with van der Waals surface area (Å²) in [6, 6.07) is 0. The van der Waals surface area contributed by atoms with Crippen LogP contribution in [-0.2, 0) is 4.57 Å². The SMILES string of the molecule is O=[P+]([O-])[O-].[Al+3].[Si+4]. The van der Waals surface area contributed by atoms with Crippen LogP contribution in [0.15, 0.2) is 0 Å². The Balaban J connectivity index is -0.0000000450. The van der Waals surface area contributed by atoms with Gasteiger partial charge in [-0.1, -0.05) is 4.57 Å². The molecule has 3 nitrogen and oxygen atoms in total. The van der Waals surface area contributed by atoms with E-state index in [1.54, 1.807) is 0 Å². The molecule has 0 aromatic rings. The quantitative estimate of drug-likeness (QED) is 0.274. The largest absolute Gasteiger partial charge is 4.00 e. The first-order chi connectivity index (χ1) is 1.73. The van der Waals surface area contributed by atoms with Crippen LogP contribution in [0.5, 0.6) is 0 Å². The molecule has 0 rings (SSSR count). The molecule has 0 N–H and O–H groups in total. The molecular formula is AlO3PSi+6. The Labute approximate surface area is 51.5 Å². The van der Waals surface area contributed by atoms with Crippen molar-refractivity contribution in [2.45, 2.75) is 0 Å². The predicted molar refractivity (Wildman–Crippen MR) is 19.1 cm³/mol. The van der Waals surface area contributed by atoms with Crippen molar-refractivity contribution in [3.8, 4) is 0 Å². The summed E-state index contributed by atoms with van der Waals surface area (Å²) in [7, 11) is -3.37. The second kappa shape index (κ2) is 9.24. The van der Waals surface area contributed by atoms with Gasteiger partial charge in [-0.3, -0.25) is 0 Å². The van der Waals surface area contributed by atoms with E-state index in [-0.39, 0.29) is 28.3 Å². The molecule has 6 heteroatoms. The summed E-state index contributed by atoms with van der Waals surface area (Å²) >= 11 is 0. The number of hydrogen-bond acceptors (Lipinski definition) is 3. The van der Waals surface area contributed by atoms with Gasteiger partial charge >= 0.3 is 28.3 Å². The second-order valence-electron chi connectivity index (χ2n) is 0.224. The van der Waals surface area contributed by atoms with E-state index in [1.807, 2.05) is 0 Å². The zero-order chi connectivity index (χ0) is 3.58. The molecule has 0 aromatic heterocycles. The average molecular weight is 134 g/mol. The number of rotatable bonds is 0. The Morgan fingerprint density at radius 1 is 1.33 bits per heavy atom. The molecular weight excluding hydrogens is 134 g/mol. The minimum absolute atomic E-state index is 0. The van der Waals surface area contributed by atoms with Gasteiger partial charge in [-0.05, 0) is 0 Å². The molecule has 0 aliphatic carbocycles. The van der Waals surface area contributed by atoms with Gasteiger partial charge in [-0.25, -0.2) is 0 Å². The fourth-order valence-electron chi connectivity index (χ4n) is 0. The second-order valence-corrected chi connectivity index (χ2v) is 0.671. The third kappa shape index (κ3) is 114. The Kier molecular flexibility index (Phi) is 24.4. The monoisotopic (exact) mass is 134 g/mol. The van der Waals surface area contributed by atoms with Crippen LogP contribution in [0.1, 0.15) is 0 Å². The first-order valence-corrected chi connectivity index (χ1v) is 1.64. The van der Waals surface area contributed by atoms with E-state index < -0.39 is 8.25 Å². The fourth-order valence-corrected chi connectivity index (χ4v) is 0. The summed E-state index contributed by atoms with van der Waals surface area (Å²) in [4.78, 5) is 17.0. The summed E-state index contributed by atoms with van der Waals surface area (Å²) in [6.45, 7) is 0. The Hall–Kier alpha value is 0.769.